The van der Waals surface area contributed by atoms with Gasteiger partial charge in [0.2, 0.25) is 0 Å². The average molecular weight is 166 g/mol. The highest BCUT2D eigenvalue weighted by atomic mass is 33.1. The van der Waals surface area contributed by atoms with E-state index in [0.29, 0.717) is 11.4 Å². The maximum atomic E-state index is 5.23. The number of hydrogen-bond acceptors (Lipinski definition) is 3. The Labute approximate surface area is 65.5 Å². The van der Waals surface area contributed by atoms with Crippen molar-refractivity contribution in [2.24, 2.45) is 0 Å². The van der Waals surface area contributed by atoms with Gasteiger partial charge in [-0.25, -0.2) is 0 Å². The lowest BCUT2D eigenvalue weighted by molar-refractivity contribution is 0.294. The highest BCUT2D eigenvalue weighted by Gasteiger charge is 1.97. The molecule has 0 aliphatic heterocycles. The predicted molar refractivity (Wildman–Crippen MR) is 46.5 cm³/mol. The Morgan fingerprint density at radius 3 is 2.00 bits per heavy atom. The highest BCUT2D eigenvalue weighted by molar-refractivity contribution is 8.75. The molecule has 0 saturated heterocycles. The van der Waals surface area contributed by atoms with E-state index in [9.17, 15) is 0 Å². The van der Waals surface area contributed by atoms with Gasteiger partial charge in [-0.05, 0) is 13.8 Å². The molecule has 0 saturated carbocycles. The molecule has 3 heteroatoms. The Hall–Kier alpha value is 0.660. The number of hydrogen-bond donors (Lipinski definition) is 0. The lowest BCUT2D eigenvalue weighted by Crippen LogP contribution is -1.93. The van der Waals surface area contributed by atoms with Crippen LogP contribution >= 0.6 is 21.9 Å². The Kier molecular flexibility index (Phi) is 5.84. The van der Waals surface area contributed by atoms with Crippen molar-refractivity contribution < 1.29 is 4.18 Å². The smallest absolute Gasteiger partial charge is 0.0676 e. The summed E-state index contributed by atoms with van der Waals surface area (Å²) in [4.78, 5) is 0. The summed E-state index contributed by atoms with van der Waals surface area (Å²) < 4.78 is 5.23. The molecule has 0 aromatic rings. The maximum absolute atomic E-state index is 5.23. The van der Waals surface area contributed by atoms with Crippen LogP contribution < -0.4 is 0 Å². The van der Waals surface area contributed by atoms with Crippen LogP contribution in [0, 0.1) is 0 Å². The third kappa shape index (κ3) is 8.66. The second kappa shape index (κ2) is 5.45. The van der Waals surface area contributed by atoms with Crippen LogP contribution in [-0.2, 0) is 4.18 Å². The van der Waals surface area contributed by atoms with Gasteiger partial charge in [0.1, 0.15) is 0 Å². The van der Waals surface area contributed by atoms with Crippen molar-refractivity contribution in [1.29, 1.82) is 0 Å². The predicted octanol–water partition coefficient (Wildman–Crippen LogP) is 3.12. The van der Waals surface area contributed by atoms with E-state index >= 15 is 0 Å². The summed E-state index contributed by atoms with van der Waals surface area (Å²) in [6.07, 6.45) is 0.334. The lowest BCUT2D eigenvalue weighted by atomic mass is 10.5. The lowest BCUT2D eigenvalue weighted by Gasteiger charge is -2.05. The van der Waals surface area contributed by atoms with E-state index in [1.165, 1.54) is 11.1 Å². The Morgan fingerprint density at radius 2 is 1.67 bits per heavy atom. The van der Waals surface area contributed by atoms with Crippen molar-refractivity contribution >= 4 is 21.9 Å². The first-order valence-electron chi connectivity index (χ1n) is 3.11. The zero-order valence-electron chi connectivity index (χ0n) is 6.38. The van der Waals surface area contributed by atoms with Crippen molar-refractivity contribution in [3.63, 3.8) is 0 Å². The van der Waals surface area contributed by atoms with E-state index < -0.39 is 0 Å². The minimum absolute atomic E-state index is 0.334. The molecule has 0 radical (unpaired) electrons. The van der Waals surface area contributed by atoms with Crippen LogP contribution in [0.1, 0.15) is 27.7 Å². The van der Waals surface area contributed by atoms with E-state index in [2.05, 4.69) is 13.8 Å². The summed E-state index contributed by atoms with van der Waals surface area (Å²) in [5, 5.41) is 0.647. The quantitative estimate of drug-likeness (QED) is 0.469. The van der Waals surface area contributed by atoms with Gasteiger partial charge in [-0.2, -0.15) is 0 Å². The highest BCUT2D eigenvalue weighted by Crippen LogP contribution is 2.27. The van der Waals surface area contributed by atoms with Crippen molar-refractivity contribution in [3.05, 3.63) is 0 Å². The molecule has 0 bridgehead atoms. The fourth-order valence-corrected chi connectivity index (χ4v) is 1.62. The topological polar surface area (TPSA) is 9.23 Å². The third-order valence-corrected chi connectivity index (χ3v) is 3.02. The molecule has 0 unspecified atom stereocenters. The summed E-state index contributed by atoms with van der Waals surface area (Å²) >= 11 is 1.49. The first-order chi connectivity index (χ1) is 4.13. The van der Waals surface area contributed by atoms with Crippen LogP contribution in [0.3, 0.4) is 0 Å². The van der Waals surface area contributed by atoms with Crippen LogP contribution in [0.15, 0.2) is 0 Å². The number of rotatable bonds is 4. The molecule has 0 fully saturated rings. The van der Waals surface area contributed by atoms with Crippen molar-refractivity contribution in [2.45, 2.75) is 39.0 Å². The largest absolute Gasteiger partial charge is 0.302 e. The van der Waals surface area contributed by atoms with Crippen molar-refractivity contribution in [3.8, 4) is 0 Å². The average Bonchev–Trinajstić information content (AvgIpc) is 1.63. The van der Waals surface area contributed by atoms with Crippen molar-refractivity contribution in [2.75, 3.05) is 0 Å². The van der Waals surface area contributed by atoms with E-state index in [4.69, 9.17) is 4.18 Å². The molecule has 0 N–H and O–H groups in total. The standard InChI is InChI=1S/C6H14OS2/c1-5(2)7-9-8-6(3)4/h5-6H,1-4H3. The van der Waals surface area contributed by atoms with Crippen LogP contribution in [-0.4, -0.2) is 11.4 Å². The van der Waals surface area contributed by atoms with E-state index in [1.807, 2.05) is 13.8 Å². The molecule has 0 aliphatic rings. The molecule has 0 heterocycles. The molecule has 0 aliphatic carbocycles. The van der Waals surface area contributed by atoms with Crippen LogP contribution in [0.25, 0.3) is 0 Å². The molecule has 9 heavy (non-hydrogen) atoms. The van der Waals surface area contributed by atoms with E-state index in [1.54, 1.807) is 10.8 Å². The molecule has 56 valence electrons. The summed E-state index contributed by atoms with van der Waals surface area (Å²) in [6.45, 7) is 8.38. The van der Waals surface area contributed by atoms with Gasteiger partial charge < -0.3 is 4.18 Å². The molecular weight excluding hydrogens is 152 g/mol. The second-order valence-corrected chi connectivity index (χ2v) is 4.81. The summed E-state index contributed by atoms with van der Waals surface area (Å²) in [7, 11) is 1.75. The molecule has 0 aromatic heterocycles. The van der Waals surface area contributed by atoms with Gasteiger partial charge in [0, 0.05) is 5.25 Å². The summed E-state index contributed by atoms with van der Waals surface area (Å²) in [5.41, 5.74) is 0. The van der Waals surface area contributed by atoms with Gasteiger partial charge in [0.15, 0.2) is 0 Å². The Balaban J connectivity index is 2.91. The molecule has 0 rings (SSSR count). The zero-order chi connectivity index (χ0) is 7.28. The second-order valence-electron chi connectivity index (χ2n) is 2.36. The Bertz CT molecular complexity index is 56.1. The Morgan fingerprint density at radius 1 is 1.11 bits per heavy atom. The van der Waals surface area contributed by atoms with Crippen LogP contribution in [0.4, 0.5) is 0 Å². The van der Waals surface area contributed by atoms with Gasteiger partial charge in [-0.1, -0.05) is 24.6 Å². The fourth-order valence-electron chi connectivity index (χ4n) is 0.180. The summed E-state index contributed by atoms with van der Waals surface area (Å²) in [6, 6.07) is 0. The first-order valence-corrected chi connectivity index (χ1v) is 5.25. The zero-order valence-corrected chi connectivity index (χ0v) is 8.01. The fraction of sp³-hybridized carbons (Fsp3) is 1.00. The molecule has 1 nitrogen and oxygen atoms in total. The first kappa shape index (κ1) is 9.66. The minimum atomic E-state index is 0.334. The van der Waals surface area contributed by atoms with Crippen molar-refractivity contribution in [1.82, 2.24) is 0 Å². The van der Waals surface area contributed by atoms with Gasteiger partial charge in [0.25, 0.3) is 0 Å². The van der Waals surface area contributed by atoms with E-state index in [-0.39, 0.29) is 0 Å². The minimum Gasteiger partial charge on any atom is -0.302 e. The van der Waals surface area contributed by atoms with Crippen LogP contribution in [0.5, 0.6) is 0 Å². The van der Waals surface area contributed by atoms with Gasteiger partial charge in [0.05, 0.1) is 17.2 Å². The monoisotopic (exact) mass is 166 g/mol. The molecule has 0 amide bonds. The SMILES string of the molecule is CC(C)OSSC(C)C. The molecule has 0 aromatic carbocycles. The molecule has 0 spiro atoms. The van der Waals surface area contributed by atoms with Gasteiger partial charge in [-0.15, -0.1) is 0 Å². The normalized spacial score (nSPS) is 11.3. The molecule has 0 atom stereocenters. The van der Waals surface area contributed by atoms with Crippen LogP contribution in [0.2, 0.25) is 0 Å². The molecular formula is C6H14OS2. The van der Waals surface area contributed by atoms with Gasteiger partial charge in [-0.3, -0.25) is 0 Å². The third-order valence-electron chi connectivity index (χ3n) is 0.463. The van der Waals surface area contributed by atoms with Gasteiger partial charge >= 0.3 is 0 Å². The summed E-state index contributed by atoms with van der Waals surface area (Å²) in [5.74, 6) is 0. The van der Waals surface area contributed by atoms with E-state index in [0.717, 1.165) is 0 Å². The maximum Gasteiger partial charge on any atom is 0.0676 e.